The number of aliphatic carboxylic acids is 1. The van der Waals surface area contributed by atoms with Crippen LogP contribution in [0.3, 0.4) is 0 Å². The molecule has 11 heteroatoms. The Bertz CT molecular complexity index is 992. The predicted molar refractivity (Wildman–Crippen MR) is 101 cm³/mol. The van der Waals surface area contributed by atoms with Crippen molar-refractivity contribution < 1.29 is 27.9 Å². The Morgan fingerprint density at radius 2 is 2.10 bits per heavy atom. The summed E-state index contributed by atoms with van der Waals surface area (Å²) in [5.74, 6) is -2.61. The lowest BCUT2D eigenvalue weighted by Gasteiger charge is -2.33. The second-order valence-corrected chi connectivity index (χ2v) is 6.94. The fourth-order valence-corrected chi connectivity index (χ4v) is 3.38. The van der Waals surface area contributed by atoms with E-state index in [0.29, 0.717) is 36.6 Å². The minimum absolute atomic E-state index is 0.293. The first-order valence-electron chi connectivity index (χ1n) is 9.14. The number of rotatable bonds is 5. The number of alkyl halides is 3. The summed E-state index contributed by atoms with van der Waals surface area (Å²) in [7, 11) is 0. The normalized spacial score (nSPS) is 16.9. The predicted octanol–water partition coefficient (Wildman–Crippen LogP) is 2.20. The summed E-state index contributed by atoms with van der Waals surface area (Å²) < 4.78 is 40.7. The number of carbonyl (C=O) groups excluding carboxylic acids is 1. The standard InChI is InChI=1S/C19H19F3N4O4/c20-19(21,22)14-7-16(27)26(11-17(28)29)10-15(14)24-18(30)12-3-2-6-25(9-12)13-4-1-5-23-8-13/h1,4-5,7-8,10,12H,2-3,6,9,11H2,(H,24,30)(H,28,29)/t12-/m1/s1. The summed E-state index contributed by atoms with van der Waals surface area (Å²) in [6, 6.07) is 3.87. The maximum atomic E-state index is 13.4. The molecule has 0 saturated carbocycles. The molecule has 2 N–H and O–H groups in total. The molecule has 8 nitrogen and oxygen atoms in total. The minimum Gasteiger partial charge on any atom is -0.480 e. The van der Waals surface area contributed by atoms with Crippen LogP contribution < -0.4 is 15.8 Å². The molecule has 1 fully saturated rings. The van der Waals surface area contributed by atoms with Gasteiger partial charge in [-0.3, -0.25) is 19.4 Å². The third kappa shape index (κ3) is 4.97. The van der Waals surface area contributed by atoms with Crippen LogP contribution in [0.4, 0.5) is 24.5 Å². The lowest BCUT2D eigenvalue weighted by Crippen LogP contribution is -2.41. The third-order valence-electron chi connectivity index (χ3n) is 4.80. The third-order valence-corrected chi connectivity index (χ3v) is 4.80. The Labute approximate surface area is 169 Å². The van der Waals surface area contributed by atoms with Gasteiger partial charge in [-0.25, -0.2) is 0 Å². The second-order valence-electron chi connectivity index (χ2n) is 6.94. The van der Waals surface area contributed by atoms with Gasteiger partial charge in [-0.1, -0.05) is 0 Å². The highest BCUT2D eigenvalue weighted by Crippen LogP contribution is 2.34. The first-order chi connectivity index (χ1) is 14.1. The maximum absolute atomic E-state index is 13.4. The zero-order chi connectivity index (χ0) is 21.9. The van der Waals surface area contributed by atoms with Crippen LogP contribution in [0.5, 0.6) is 0 Å². The van der Waals surface area contributed by atoms with Gasteiger partial charge < -0.3 is 19.9 Å². The molecule has 2 aromatic rings. The van der Waals surface area contributed by atoms with Crippen molar-refractivity contribution >= 4 is 23.3 Å². The number of carbonyl (C=O) groups is 2. The van der Waals surface area contributed by atoms with Crippen molar-refractivity contribution in [3.63, 3.8) is 0 Å². The summed E-state index contributed by atoms with van der Waals surface area (Å²) >= 11 is 0. The highest BCUT2D eigenvalue weighted by atomic mass is 19.4. The molecule has 1 saturated heterocycles. The van der Waals surface area contributed by atoms with Crippen LogP contribution in [0.2, 0.25) is 0 Å². The van der Waals surface area contributed by atoms with Gasteiger partial charge in [0, 0.05) is 31.5 Å². The summed E-state index contributed by atoms with van der Waals surface area (Å²) in [4.78, 5) is 41.4. The van der Waals surface area contributed by atoms with Crippen molar-refractivity contribution in [2.75, 3.05) is 23.3 Å². The maximum Gasteiger partial charge on any atom is 0.418 e. The van der Waals surface area contributed by atoms with Crippen LogP contribution in [0.1, 0.15) is 18.4 Å². The molecule has 0 aliphatic carbocycles. The molecule has 0 radical (unpaired) electrons. The monoisotopic (exact) mass is 424 g/mol. The van der Waals surface area contributed by atoms with Gasteiger partial charge in [0.2, 0.25) is 5.91 Å². The van der Waals surface area contributed by atoms with Crippen LogP contribution in [0.15, 0.2) is 41.6 Å². The van der Waals surface area contributed by atoms with Gasteiger partial charge in [0.25, 0.3) is 5.56 Å². The molecule has 1 amide bonds. The molecule has 1 aliphatic heterocycles. The summed E-state index contributed by atoms with van der Waals surface area (Å²) in [6.07, 6.45) is 0.236. The molecule has 30 heavy (non-hydrogen) atoms. The number of carboxylic acid groups (broad SMARTS) is 1. The van der Waals surface area contributed by atoms with Crippen LogP contribution in [-0.2, 0) is 22.3 Å². The molecular formula is C19H19F3N4O4. The Hall–Kier alpha value is -3.37. The molecule has 0 aromatic carbocycles. The van der Waals surface area contributed by atoms with Gasteiger partial charge >= 0.3 is 12.1 Å². The Balaban J connectivity index is 1.84. The number of nitrogens with zero attached hydrogens (tertiary/aromatic N) is 3. The number of hydrogen-bond acceptors (Lipinski definition) is 5. The number of amides is 1. The highest BCUT2D eigenvalue weighted by molar-refractivity contribution is 5.93. The average Bonchev–Trinajstić information content (AvgIpc) is 2.70. The van der Waals surface area contributed by atoms with Crippen molar-refractivity contribution in [1.29, 1.82) is 0 Å². The summed E-state index contributed by atoms with van der Waals surface area (Å²) in [5.41, 5.74) is -2.28. The smallest absolute Gasteiger partial charge is 0.418 e. The zero-order valence-corrected chi connectivity index (χ0v) is 15.7. The molecule has 1 atom stereocenters. The van der Waals surface area contributed by atoms with Gasteiger partial charge in [0.1, 0.15) is 6.54 Å². The van der Waals surface area contributed by atoms with E-state index in [2.05, 4.69) is 10.3 Å². The van der Waals surface area contributed by atoms with Gasteiger partial charge in [-0.15, -0.1) is 0 Å². The van der Waals surface area contributed by atoms with Crippen LogP contribution in [0.25, 0.3) is 0 Å². The van der Waals surface area contributed by atoms with Gasteiger partial charge in [0.05, 0.1) is 29.1 Å². The number of carboxylic acids is 1. The largest absolute Gasteiger partial charge is 0.480 e. The van der Waals surface area contributed by atoms with E-state index in [1.54, 1.807) is 18.5 Å². The van der Waals surface area contributed by atoms with Crippen molar-refractivity contribution in [3.8, 4) is 0 Å². The summed E-state index contributed by atoms with van der Waals surface area (Å²) in [6.45, 7) is 0.165. The molecule has 3 rings (SSSR count). The van der Waals surface area contributed by atoms with E-state index in [4.69, 9.17) is 5.11 Å². The Morgan fingerprint density at radius 3 is 2.73 bits per heavy atom. The second kappa shape index (κ2) is 8.56. The molecule has 3 heterocycles. The quantitative estimate of drug-likeness (QED) is 0.763. The van der Waals surface area contributed by atoms with E-state index in [-0.39, 0.29) is 0 Å². The van der Waals surface area contributed by atoms with Crippen LogP contribution in [-0.4, -0.2) is 39.6 Å². The van der Waals surface area contributed by atoms with Gasteiger partial charge in [0.15, 0.2) is 0 Å². The van der Waals surface area contributed by atoms with E-state index >= 15 is 0 Å². The fraction of sp³-hybridized carbons (Fsp3) is 0.368. The number of hydrogen-bond donors (Lipinski definition) is 2. The lowest BCUT2D eigenvalue weighted by atomic mass is 9.96. The topological polar surface area (TPSA) is 105 Å². The van der Waals surface area contributed by atoms with E-state index in [1.807, 2.05) is 11.0 Å². The minimum atomic E-state index is -4.89. The molecule has 0 bridgehead atoms. The van der Waals surface area contributed by atoms with E-state index in [0.717, 1.165) is 11.9 Å². The van der Waals surface area contributed by atoms with Crippen molar-refractivity contribution in [3.05, 3.63) is 52.7 Å². The molecule has 1 aliphatic rings. The van der Waals surface area contributed by atoms with Crippen LogP contribution in [0, 0.1) is 5.92 Å². The number of pyridine rings is 2. The SMILES string of the molecule is O=C(O)Cn1cc(NC(=O)[C@@H]2CCCN(c3cccnc3)C2)c(C(F)(F)F)cc1=O. The summed E-state index contributed by atoms with van der Waals surface area (Å²) in [5, 5.41) is 11.1. The molecule has 0 unspecified atom stereocenters. The van der Waals surface area contributed by atoms with E-state index in [1.165, 1.54) is 0 Å². The van der Waals surface area contributed by atoms with Gasteiger partial charge in [-0.2, -0.15) is 13.2 Å². The fourth-order valence-electron chi connectivity index (χ4n) is 3.38. The Morgan fingerprint density at radius 1 is 1.33 bits per heavy atom. The van der Waals surface area contributed by atoms with Crippen molar-refractivity contribution in [2.24, 2.45) is 5.92 Å². The van der Waals surface area contributed by atoms with E-state index < -0.39 is 47.3 Å². The number of nitrogens with one attached hydrogen (secondary N) is 1. The van der Waals surface area contributed by atoms with Gasteiger partial charge in [-0.05, 0) is 25.0 Å². The Kier molecular flexibility index (Phi) is 6.09. The zero-order valence-electron chi connectivity index (χ0n) is 15.7. The number of halogens is 3. The molecule has 2 aromatic heterocycles. The number of piperidine rings is 1. The highest BCUT2D eigenvalue weighted by Gasteiger charge is 2.36. The van der Waals surface area contributed by atoms with Crippen molar-refractivity contribution in [1.82, 2.24) is 9.55 Å². The van der Waals surface area contributed by atoms with Crippen molar-refractivity contribution in [2.45, 2.75) is 25.6 Å². The number of aromatic nitrogens is 2. The average molecular weight is 424 g/mol. The lowest BCUT2D eigenvalue weighted by molar-refractivity contribution is -0.137. The van der Waals surface area contributed by atoms with Crippen LogP contribution >= 0.6 is 0 Å². The molecule has 0 spiro atoms. The van der Waals surface area contributed by atoms with E-state index in [9.17, 15) is 27.6 Å². The molecular weight excluding hydrogens is 405 g/mol. The number of anilines is 2. The molecule has 160 valence electrons. The first kappa shape index (κ1) is 21.3. The first-order valence-corrected chi connectivity index (χ1v) is 9.14.